The molecule has 0 unspecified atom stereocenters. The molecule has 5 nitrogen and oxygen atoms in total. The Labute approximate surface area is 114 Å². The van der Waals surface area contributed by atoms with Gasteiger partial charge >= 0.3 is 0 Å². The first-order valence-electron chi connectivity index (χ1n) is 6.43. The van der Waals surface area contributed by atoms with Crippen LogP contribution in [-0.2, 0) is 10.0 Å². The van der Waals surface area contributed by atoms with E-state index in [-0.39, 0.29) is 10.3 Å². The third-order valence-corrected chi connectivity index (χ3v) is 4.93. The van der Waals surface area contributed by atoms with Crippen LogP contribution in [0.4, 0.5) is 5.69 Å². The average molecular weight is 283 g/mol. The Morgan fingerprint density at radius 3 is 2.37 bits per heavy atom. The summed E-state index contributed by atoms with van der Waals surface area (Å²) in [6.45, 7) is 4.45. The van der Waals surface area contributed by atoms with E-state index in [4.69, 9.17) is 10.9 Å². The molecule has 1 aliphatic rings. The van der Waals surface area contributed by atoms with Crippen molar-refractivity contribution in [3.63, 3.8) is 0 Å². The quantitative estimate of drug-likeness (QED) is 0.862. The van der Waals surface area contributed by atoms with Gasteiger partial charge in [-0.1, -0.05) is 19.1 Å². The number of hydrogen-bond donors (Lipinski definition) is 2. The molecule has 106 valence electrons. The molecule has 0 aromatic heterocycles. The summed E-state index contributed by atoms with van der Waals surface area (Å²) in [4.78, 5) is 2.28. The average Bonchev–Trinajstić information content (AvgIpc) is 2.39. The van der Waals surface area contributed by atoms with Crippen LogP contribution in [0.5, 0.6) is 0 Å². The number of sulfonamides is 1. The number of benzene rings is 1. The molecule has 0 radical (unpaired) electrons. The standard InChI is InChI=1S/C13H21N3O2S/c1-13(10-14)6-8-16(9-7-13)11-4-2-3-5-12(11)19(15,17)18/h2-5H,6-10,14H2,1H3,(H2,15,17,18). The Morgan fingerprint density at radius 2 is 1.84 bits per heavy atom. The number of rotatable bonds is 3. The maximum atomic E-state index is 11.6. The van der Waals surface area contributed by atoms with Crippen LogP contribution in [0.1, 0.15) is 19.8 Å². The Kier molecular flexibility index (Phi) is 3.85. The molecule has 1 aliphatic heterocycles. The number of nitrogens with two attached hydrogens (primary N) is 2. The van der Waals surface area contributed by atoms with E-state index in [1.165, 1.54) is 0 Å². The van der Waals surface area contributed by atoms with Gasteiger partial charge in [-0.05, 0) is 36.9 Å². The summed E-state index contributed by atoms with van der Waals surface area (Å²) in [5.41, 5.74) is 6.64. The number of primary sulfonamides is 1. The first kappa shape index (κ1) is 14.3. The number of nitrogens with zero attached hydrogens (tertiary/aromatic N) is 1. The van der Waals surface area contributed by atoms with E-state index in [9.17, 15) is 8.42 Å². The molecule has 0 amide bonds. The second kappa shape index (κ2) is 5.11. The van der Waals surface area contributed by atoms with Crippen molar-refractivity contribution in [2.45, 2.75) is 24.7 Å². The minimum atomic E-state index is -3.68. The monoisotopic (exact) mass is 283 g/mol. The van der Waals surface area contributed by atoms with E-state index in [1.54, 1.807) is 12.1 Å². The highest BCUT2D eigenvalue weighted by Crippen LogP contribution is 2.34. The smallest absolute Gasteiger partial charge is 0.240 e. The topological polar surface area (TPSA) is 89.4 Å². The lowest BCUT2D eigenvalue weighted by molar-refractivity contribution is 0.258. The molecule has 1 saturated heterocycles. The third kappa shape index (κ3) is 3.08. The van der Waals surface area contributed by atoms with Crippen molar-refractivity contribution >= 4 is 15.7 Å². The highest BCUT2D eigenvalue weighted by molar-refractivity contribution is 7.89. The van der Waals surface area contributed by atoms with E-state index in [0.29, 0.717) is 12.2 Å². The van der Waals surface area contributed by atoms with Gasteiger partial charge < -0.3 is 10.6 Å². The van der Waals surface area contributed by atoms with Crippen molar-refractivity contribution in [3.05, 3.63) is 24.3 Å². The summed E-state index contributed by atoms with van der Waals surface area (Å²) in [5, 5.41) is 5.27. The Morgan fingerprint density at radius 1 is 1.26 bits per heavy atom. The molecule has 0 saturated carbocycles. The van der Waals surface area contributed by atoms with Crippen molar-refractivity contribution < 1.29 is 8.42 Å². The molecule has 2 rings (SSSR count). The predicted octanol–water partition coefficient (Wildman–Crippen LogP) is 0.899. The number of hydrogen-bond acceptors (Lipinski definition) is 4. The van der Waals surface area contributed by atoms with Gasteiger partial charge in [-0.25, -0.2) is 13.6 Å². The zero-order valence-corrected chi connectivity index (χ0v) is 12.0. The molecule has 1 heterocycles. The Bertz CT molecular complexity index is 549. The number of para-hydroxylation sites is 1. The first-order chi connectivity index (χ1) is 8.86. The zero-order chi connectivity index (χ0) is 14.1. The molecular formula is C13H21N3O2S. The summed E-state index contributed by atoms with van der Waals surface area (Å²) >= 11 is 0. The van der Waals surface area contributed by atoms with E-state index >= 15 is 0 Å². The summed E-state index contributed by atoms with van der Waals surface area (Å²) in [7, 11) is -3.68. The van der Waals surface area contributed by atoms with Crippen molar-refractivity contribution in [2.75, 3.05) is 24.5 Å². The van der Waals surface area contributed by atoms with Crippen molar-refractivity contribution in [3.8, 4) is 0 Å². The number of piperidine rings is 1. The maximum Gasteiger partial charge on any atom is 0.240 e. The molecule has 19 heavy (non-hydrogen) atoms. The summed E-state index contributed by atoms with van der Waals surface area (Å²) in [6, 6.07) is 6.89. The van der Waals surface area contributed by atoms with Gasteiger partial charge in [0.25, 0.3) is 0 Å². The van der Waals surface area contributed by atoms with Crippen LogP contribution in [0.3, 0.4) is 0 Å². The highest BCUT2D eigenvalue weighted by Gasteiger charge is 2.30. The van der Waals surface area contributed by atoms with Crippen LogP contribution in [0.2, 0.25) is 0 Å². The van der Waals surface area contributed by atoms with Gasteiger partial charge in [0.15, 0.2) is 0 Å². The van der Waals surface area contributed by atoms with Gasteiger partial charge in [-0.3, -0.25) is 0 Å². The van der Waals surface area contributed by atoms with Crippen molar-refractivity contribution in [1.29, 1.82) is 0 Å². The molecule has 6 heteroatoms. The molecule has 0 bridgehead atoms. The van der Waals surface area contributed by atoms with Gasteiger partial charge in [0.05, 0.1) is 5.69 Å². The lowest BCUT2D eigenvalue weighted by atomic mass is 9.80. The Hall–Kier alpha value is -1.11. The largest absolute Gasteiger partial charge is 0.370 e. The van der Waals surface area contributed by atoms with Crippen LogP contribution in [0.25, 0.3) is 0 Å². The van der Waals surface area contributed by atoms with E-state index < -0.39 is 10.0 Å². The van der Waals surface area contributed by atoms with Gasteiger partial charge in [0.1, 0.15) is 4.90 Å². The number of anilines is 1. The lowest BCUT2D eigenvalue weighted by Crippen LogP contribution is -2.42. The maximum absolute atomic E-state index is 11.6. The second-order valence-corrected chi connectivity index (χ2v) is 7.04. The minimum Gasteiger partial charge on any atom is -0.370 e. The van der Waals surface area contributed by atoms with Gasteiger partial charge in [-0.2, -0.15) is 0 Å². The summed E-state index contributed by atoms with van der Waals surface area (Å²) < 4.78 is 23.2. The molecule has 1 aromatic rings. The van der Waals surface area contributed by atoms with E-state index in [1.807, 2.05) is 12.1 Å². The molecule has 0 aliphatic carbocycles. The van der Waals surface area contributed by atoms with Crippen LogP contribution >= 0.6 is 0 Å². The molecular weight excluding hydrogens is 262 g/mol. The highest BCUT2D eigenvalue weighted by atomic mass is 32.2. The fourth-order valence-corrected chi connectivity index (χ4v) is 3.21. The first-order valence-corrected chi connectivity index (χ1v) is 7.97. The fraction of sp³-hybridized carbons (Fsp3) is 0.538. The van der Waals surface area contributed by atoms with Crippen LogP contribution in [0.15, 0.2) is 29.2 Å². The lowest BCUT2D eigenvalue weighted by Gasteiger charge is -2.40. The Balaban J connectivity index is 2.26. The van der Waals surface area contributed by atoms with Crippen LogP contribution in [-0.4, -0.2) is 28.1 Å². The van der Waals surface area contributed by atoms with Gasteiger partial charge in [-0.15, -0.1) is 0 Å². The molecule has 0 spiro atoms. The van der Waals surface area contributed by atoms with Crippen molar-refractivity contribution in [2.24, 2.45) is 16.3 Å². The third-order valence-electron chi connectivity index (χ3n) is 3.98. The van der Waals surface area contributed by atoms with Crippen LogP contribution < -0.4 is 15.8 Å². The molecule has 0 atom stereocenters. The minimum absolute atomic E-state index is 0.160. The van der Waals surface area contributed by atoms with Gasteiger partial charge in [0.2, 0.25) is 10.0 Å². The van der Waals surface area contributed by atoms with Crippen molar-refractivity contribution in [1.82, 2.24) is 0 Å². The summed E-state index contributed by atoms with van der Waals surface area (Å²) in [5.74, 6) is 0. The summed E-state index contributed by atoms with van der Waals surface area (Å²) in [6.07, 6.45) is 1.92. The fourth-order valence-electron chi connectivity index (χ4n) is 2.45. The molecule has 1 fully saturated rings. The molecule has 1 aromatic carbocycles. The van der Waals surface area contributed by atoms with E-state index in [2.05, 4.69) is 11.8 Å². The zero-order valence-electron chi connectivity index (χ0n) is 11.2. The predicted molar refractivity (Wildman–Crippen MR) is 76.4 cm³/mol. The molecule has 4 N–H and O–H groups in total. The normalized spacial score (nSPS) is 19.4. The van der Waals surface area contributed by atoms with Crippen LogP contribution in [0, 0.1) is 5.41 Å². The SMILES string of the molecule is CC1(CN)CCN(c2ccccc2S(N)(=O)=O)CC1. The van der Waals surface area contributed by atoms with Gasteiger partial charge in [0, 0.05) is 13.1 Å². The second-order valence-electron chi connectivity index (χ2n) is 5.51. The van der Waals surface area contributed by atoms with E-state index in [0.717, 1.165) is 25.9 Å².